The zero-order valence-electron chi connectivity index (χ0n) is 22.9. The lowest BCUT2D eigenvalue weighted by Gasteiger charge is -2.20. The Kier molecular flexibility index (Phi) is 7.62. The molecule has 0 bridgehead atoms. The largest absolute Gasteiger partial charge is 0.748 e. The van der Waals surface area contributed by atoms with Crippen molar-refractivity contribution in [2.45, 2.75) is 32.7 Å². The van der Waals surface area contributed by atoms with Crippen molar-refractivity contribution in [1.29, 1.82) is 0 Å². The highest BCUT2D eigenvalue weighted by Crippen LogP contribution is 2.52. The molecule has 0 atom stereocenters. The highest BCUT2D eigenvalue weighted by atomic mass is 32.2. The molecule has 3 aliphatic heterocycles. The second kappa shape index (κ2) is 11.3. The topological polar surface area (TPSA) is 181 Å². The predicted octanol–water partition coefficient (Wildman–Crippen LogP) is 2.58. The summed E-state index contributed by atoms with van der Waals surface area (Å²) < 4.78 is 104. The molecule has 0 saturated carbocycles. The van der Waals surface area contributed by atoms with Gasteiger partial charge in [0, 0.05) is 30.5 Å². The van der Waals surface area contributed by atoms with Crippen molar-refractivity contribution in [3.05, 3.63) is 47.7 Å². The SMILES string of the molecule is CCC(=Cc1oc2ccc3c(c2[n+]1CCCS(=O)(=O)[O-])OCO3)C=C1Oc2ccc3c(c2N1CCCS(=O)(=O)[O-])OCO3. The normalized spacial score (nSPS) is 16.8. The second-order valence-corrected chi connectivity index (χ2v) is 13.0. The van der Waals surface area contributed by atoms with Crippen LogP contribution in [0.15, 0.2) is 46.2 Å². The number of hydrogen-bond donors (Lipinski definition) is 0. The van der Waals surface area contributed by atoms with E-state index >= 15 is 0 Å². The Morgan fingerprint density at radius 3 is 2.28 bits per heavy atom. The van der Waals surface area contributed by atoms with Crippen LogP contribution < -0.4 is 33.2 Å². The summed E-state index contributed by atoms with van der Waals surface area (Å²) in [4.78, 5) is 1.74. The van der Waals surface area contributed by atoms with Crippen molar-refractivity contribution in [1.82, 2.24) is 0 Å². The summed E-state index contributed by atoms with van der Waals surface area (Å²) >= 11 is 0. The number of fused-ring (bicyclic) bond motifs is 6. The Labute approximate surface area is 247 Å². The number of allylic oxidation sites excluding steroid dienone is 2. The van der Waals surface area contributed by atoms with Gasteiger partial charge in [0.1, 0.15) is 5.69 Å². The first-order valence-corrected chi connectivity index (χ1v) is 16.6. The minimum absolute atomic E-state index is 0.0197. The molecule has 0 amide bonds. The molecule has 1 aromatic heterocycles. The number of aromatic nitrogens is 1. The molecule has 0 saturated heterocycles. The molecule has 0 aliphatic carbocycles. The third kappa shape index (κ3) is 6.08. The van der Waals surface area contributed by atoms with E-state index < -0.39 is 31.7 Å². The monoisotopic (exact) mass is 635 g/mol. The maximum atomic E-state index is 11.3. The molecule has 0 N–H and O–H groups in total. The summed E-state index contributed by atoms with van der Waals surface area (Å²) in [6, 6.07) is 6.86. The number of benzene rings is 2. The molecule has 0 fully saturated rings. The van der Waals surface area contributed by atoms with Crippen LogP contribution in [0.4, 0.5) is 5.69 Å². The summed E-state index contributed by atoms with van der Waals surface area (Å²) in [6.45, 7) is 2.25. The molecule has 43 heavy (non-hydrogen) atoms. The summed E-state index contributed by atoms with van der Waals surface area (Å²) in [5.41, 5.74) is 2.33. The van der Waals surface area contributed by atoms with Crippen molar-refractivity contribution in [3.8, 4) is 28.7 Å². The van der Waals surface area contributed by atoms with E-state index in [9.17, 15) is 25.9 Å². The smallest absolute Gasteiger partial charge is 0.374 e. The van der Waals surface area contributed by atoms with Crippen LogP contribution >= 0.6 is 0 Å². The average Bonchev–Trinajstić information content (AvgIpc) is 3.71. The van der Waals surface area contributed by atoms with E-state index in [1.54, 1.807) is 45.9 Å². The van der Waals surface area contributed by atoms with Crippen LogP contribution in [-0.4, -0.2) is 57.6 Å². The minimum Gasteiger partial charge on any atom is -0.748 e. The van der Waals surface area contributed by atoms with Gasteiger partial charge in [-0.15, -0.1) is 0 Å². The molecule has 3 aromatic rings. The van der Waals surface area contributed by atoms with Gasteiger partial charge < -0.3 is 42.1 Å². The molecule has 0 spiro atoms. The van der Waals surface area contributed by atoms with Crippen molar-refractivity contribution in [3.63, 3.8) is 0 Å². The van der Waals surface area contributed by atoms with Gasteiger partial charge >= 0.3 is 5.89 Å². The maximum absolute atomic E-state index is 11.3. The van der Waals surface area contributed by atoms with Crippen LogP contribution in [0.25, 0.3) is 17.2 Å². The van der Waals surface area contributed by atoms with Crippen molar-refractivity contribution in [2.75, 3.05) is 36.5 Å². The van der Waals surface area contributed by atoms with E-state index in [0.717, 1.165) is 5.57 Å². The third-order valence-electron chi connectivity index (χ3n) is 7.03. The zero-order valence-corrected chi connectivity index (χ0v) is 24.6. The highest BCUT2D eigenvalue weighted by Gasteiger charge is 2.35. The van der Waals surface area contributed by atoms with Gasteiger partial charge in [-0.25, -0.2) is 16.8 Å². The summed E-state index contributed by atoms with van der Waals surface area (Å²) in [5, 5.41) is 0. The third-order valence-corrected chi connectivity index (χ3v) is 8.61. The van der Waals surface area contributed by atoms with Gasteiger partial charge in [0.2, 0.25) is 30.8 Å². The molecule has 230 valence electrons. The first-order chi connectivity index (χ1) is 20.5. The molecule has 3 aliphatic rings. The number of anilines is 1. The lowest BCUT2D eigenvalue weighted by molar-refractivity contribution is -0.678. The molecule has 14 nitrogen and oxygen atoms in total. The molecular weight excluding hydrogens is 608 g/mol. The lowest BCUT2D eigenvalue weighted by Crippen LogP contribution is -2.36. The first-order valence-electron chi connectivity index (χ1n) is 13.4. The molecule has 4 heterocycles. The standard InChI is InChI=1S/C27H28N2O12S2/c1-2-17(13-22-28(9-3-11-42(30,31)32)24-18(40-22)5-7-20-26(24)38-15-36-20)14-23-29(10-4-12-43(33,34)35)25-19(41-23)6-8-21-27(25)39-16-37-21/h5-8,13-14H,2-4,9-12,15-16H2,1H3,(H-,30,31,32,33,34,35)/p-1. The quantitative estimate of drug-likeness (QED) is 0.222. The van der Waals surface area contributed by atoms with E-state index in [0.29, 0.717) is 63.7 Å². The Morgan fingerprint density at radius 2 is 1.56 bits per heavy atom. The van der Waals surface area contributed by atoms with Gasteiger partial charge in [0.15, 0.2) is 29.5 Å². The van der Waals surface area contributed by atoms with Crippen LogP contribution in [0.2, 0.25) is 0 Å². The fraction of sp³-hybridized carbons (Fsp3) is 0.370. The predicted molar refractivity (Wildman–Crippen MR) is 148 cm³/mol. The number of ether oxygens (including phenoxy) is 5. The number of oxazole rings is 1. The molecule has 16 heteroatoms. The number of aryl methyl sites for hydroxylation is 1. The van der Waals surface area contributed by atoms with E-state index in [2.05, 4.69) is 0 Å². The Balaban J connectivity index is 1.39. The van der Waals surface area contributed by atoms with Crippen LogP contribution in [0, 0.1) is 0 Å². The molecule has 0 radical (unpaired) electrons. The van der Waals surface area contributed by atoms with Crippen LogP contribution in [-0.2, 0) is 26.8 Å². The maximum Gasteiger partial charge on any atom is 0.374 e. The molecule has 0 unspecified atom stereocenters. The number of nitrogens with zero attached hydrogens (tertiary/aromatic N) is 2. The Morgan fingerprint density at radius 1 is 0.907 bits per heavy atom. The number of rotatable bonds is 11. The van der Waals surface area contributed by atoms with E-state index in [-0.39, 0.29) is 39.5 Å². The Bertz CT molecular complexity index is 1860. The van der Waals surface area contributed by atoms with Crippen molar-refractivity contribution in [2.24, 2.45) is 0 Å². The van der Waals surface area contributed by atoms with Gasteiger partial charge in [-0.3, -0.25) is 0 Å². The van der Waals surface area contributed by atoms with Crippen molar-refractivity contribution >= 4 is 43.1 Å². The fourth-order valence-corrected chi connectivity index (χ4v) is 6.10. The van der Waals surface area contributed by atoms with E-state index in [1.165, 1.54) is 0 Å². The summed E-state index contributed by atoms with van der Waals surface area (Å²) in [5.74, 6) is 2.03. The van der Waals surface area contributed by atoms with E-state index in [1.807, 2.05) is 6.92 Å². The van der Waals surface area contributed by atoms with Gasteiger partial charge in [0.25, 0.3) is 5.52 Å². The minimum atomic E-state index is -4.43. The van der Waals surface area contributed by atoms with E-state index in [4.69, 9.17) is 28.1 Å². The van der Waals surface area contributed by atoms with Gasteiger partial charge in [-0.2, -0.15) is 4.57 Å². The fourth-order valence-electron chi connectivity index (χ4n) is 5.13. The van der Waals surface area contributed by atoms with Gasteiger partial charge in [-0.1, -0.05) is 6.92 Å². The van der Waals surface area contributed by atoms with Crippen molar-refractivity contribution < 1.29 is 58.6 Å². The second-order valence-electron chi connectivity index (χ2n) is 9.92. The molecular formula is C27H27N2O12S2-. The van der Waals surface area contributed by atoms with Gasteiger partial charge in [-0.05, 0) is 42.7 Å². The Hall–Kier alpha value is -3.99. The zero-order chi connectivity index (χ0) is 30.4. The average molecular weight is 636 g/mol. The number of hydrogen-bond acceptors (Lipinski definition) is 13. The summed E-state index contributed by atoms with van der Waals surface area (Å²) in [6.07, 6.45) is 4.12. The summed E-state index contributed by atoms with van der Waals surface area (Å²) in [7, 11) is -8.85. The first kappa shape index (κ1) is 29.1. The molecule has 6 rings (SSSR count). The molecule has 2 aromatic carbocycles. The lowest BCUT2D eigenvalue weighted by atomic mass is 10.1. The van der Waals surface area contributed by atoms with Crippen LogP contribution in [0.5, 0.6) is 28.7 Å². The van der Waals surface area contributed by atoms with Crippen LogP contribution in [0.1, 0.15) is 32.1 Å². The van der Waals surface area contributed by atoms with Crippen LogP contribution in [0.3, 0.4) is 0 Å². The highest BCUT2D eigenvalue weighted by molar-refractivity contribution is 7.85. The van der Waals surface area contributed by atoms with Gasteiger partial charge in [0.05, 0.1) is 26.3 Å².